The molecule has 1 aromatic heterocycles. The van der Waals surface area contributed by atoms with Gasteiger partial charge in [-0.3, -0.25) is 4.79 Å². The zero-order chi connectivity index (χ0) is 10.4. The molecule has 0 aliphatic rings. The molecule has 0 radical (unpaired) electrons. The van der Waals surface area contributed by atoms with Gasteiger partial charge in [-0.05, 0) is 34.3 Å². The van der Waals surface area contributed by atoms with Crippen molar-refractivity contribution in [3.05, 3.63) is 22.9 Å². The van der Waals surface area contributed by atoms with Crippen molar-refractivity contribution in [1.82, 2.24) is 4.98 Å². The predicted octanol–water partition coefficient (Wildman–Crippen LogP) is 2.54. The van der Waals surface area contributed by atoms with Crippen molar-refractivity contribution in [3.63, 3.8) is 0 Å². The fourth-order valence-electron chi connectivity index (χ4n) is 0.887. The summed E-state index contributed by atoms with van der Waals surface area (Å²) in [6.07, 6.45) is 4.18. The van der Waals surface area contributed by atoms with Gasteiger partial charge < -0.3 is 5.32 Å². The standard InChI is InChI=1S/C9H11BrN2OS/c1-14-6-4-8(13)12-7-3-2-5-11-9(7)10/h2-3,5H,4,6H2,1H3,(H,12,13). The maximum atomic E-state index is 11.4. The first-order valence-corrected chi connectivity index (χ1v) is 6.32. The van der Waals surface area contributed by atoms with Crippen LogP contribution in [0.2, 0.25) is 0 Å². The molecule has 0 atom stereocenters. The van der Waals surface area contributed by atoms with Crippen LogP contribution in [0.25, 0.3) is 0 Å². The van der Waals surface area contributed by atoms with E-state index in [9.17, 15) is 4.79 Å². The van der Waals surface area contributed by atoms with E-state index >= 15 is 0 Å². The number of pyridine rings is 1. The number of halogens is 1. The Balaban J connectivity index is 2.52. The summed E-state index contributed by atoms with van der Waals surface area (Å²) in [5, 5.41) is 2.78. The number of carbonyl (C=O) groups is 1. The Morgan fingerprint density at radius 2 is 2.50 bits per heavy atom. The molecular weight excluding hydrogens is 264 g/mol. The highest BCUT2D eigenvalue weighted by Crippen LogP contribution is 2.18. The van der Waals surface area contributed by atoms with Gasteiger partial charge in [0, 0.05) is 18.4 Å². The van der Waals surface area contributed by atoms with E-state index in [2.05, 4.69) is 26.2 Å². The van der Waals surface area contributed by atoms with Gasteiger partial charge in [0.15, 0.2) is 0 Å². The van der Waals surface area contributed by atoms with Gasteiger partial charge in [0.05, 0.1) is 5.69 Å². The zero-order valence-corrected chi connectivity index (χ0v) is 10.2. The third kappa shape index (κ3) is 3.67. The summed E-state index contributed by atoms with van der Waals surface area (Å²) in [4.78, 5) is 15.4. The van der Waals surface area contributed by atoms with Crippen LogP contribution >= 0.6 is 27.7 Å². The summed E-state index contributed by atoms with van der Waals surface area (Å²) in [7, 11) is 0. The van der Waals surface area contributed by atoms with E-state index in [4.69, 9.17) is 0 Å². The molecule has 1 aromatic rings. The van der Waals surface area contributed by atoms with Gasteiger partial charge in [-0.1, -0.05) is 0 Å². The number of anilines is 1. The Bertz CT molecular complexity index is 319. The van der Waals surface area contributed by atoms with Crippen LogP contribution in [0.1, 0.15) is 6.42 Å². The summed E-state index contributed by atoms with van der Waals surface area (Å²) in [6, 6.07) is 3.60. The van der Waals surface area contributed by atoms with Crippen molar-refractivity contribution in [3.8, 4) is 0 Å². The first-order valence-electron chi connectivity index (χ1n) is 4.13. The maximum absolute atomic E-state index is 11.4. The molecule has 5 heteroatoms. The number of aromatic nitrogens is 1. The Kier molecular flexibility index (Phi) is 4.97. The van der Waals surface area contributed by atoms with E-state index in [0.717, 1.165) is 11.4 Å². The third-order valence-electron chi connectivity index (χ3n) is 1.57. The zero-order valence-electron chi connectivity index (χ0n) is 7.79. The van der Waals surface area contributed by atoms with Crippen molar-refractivity contribution in [2.45, 2.75) is 6.42 Å². The second kappa shape index (κ2) is 6.03. The first kappa shape index (κ1) is 11.5. The summed E-state index contributed by atoms with van der Waals surface area (Å²) in [6.45, 7) is 0. The SMILES string of the molecule is CSCCC(=O)Nc1cccnc1Br. The lowest BCUT2D eigenvalue weighted by molar-refractivity contribution is -0.115. The van der Waals surface area contributed by atoms with Crippen LogP contribution in [0, 0.1) is 0 Å². The summed E-state index contributed by atoms with van der Waals surface area (Å²) in [5.41, 5.74) is 0.721. The van der Waals surface area contributed by atoms with Crippen molar-refractivity contribution >= 4 is 39.3 Å². The van der Waals surface area contributed by atoms with Crippen molar-refractivity contribution < 1.29 is 4.79 Å². The summed E-state index contributed by atoms with van der Waals surface area (Å²) >= 11 is 4.92. The molecule has 3 nitrogen and oxygen atoms in total. The Morgan fingerprint density at radius 1 is 1.71 bits per heavy atom. The Hall–Kier alpha value is -0.550. The number of hydrogen-bond acceptors (Lipinski definition) is 3. The lowest BCUT2D eigenvalue weighted by Crippen LogP contribution is -2.12. The van der Waals surface area contributed by atoms with E-state index in [1.54, 1.807) is 24.0 Å². The summed E-state index contributed by atoms with van der Waals surface area (Å²) in [5.74, 6) is 0.858. The molecule has 1 N–H and O–H groups in total. The minimum atomic E-state index is 0.0213. The molecule has 76 valence electrons. The molecule has 1 heterocycles. The van der Waals surface area contributed by atoms with E-state index in [1.807, 2.05) is 12.3 Å². The monoisotopic (exact) mass is 274 g/mol. The van der Waals surface area contributed by atoms with E-state index in [-0.39, 0.29) is 5.91 Å². The highest BCUT2D eigenvalue weighted by Gasteiger charge is 2.04. The highest BCUT2D eigenvalue weighted by atomic mass is 79.9. The minimum absolute atomic E-state index is 0.0213. The molecule has 0 aliphatic carbocycles. The van der Waals surface area contributed by atoms with Gasteiger partial charge in [0.1, 0.15) is 4.60 Å². The second-order valence-electron chi connectivity index (χ2n) is 2.63. The highest BCUT2D eigenvalue weighted by molar-refractivity contribution is 9.10. The molecule has 0 aromatic carbocycles. The maximum Gasteiger partial charge on any atom is 0.225 e. The second-order valence-corrected chi connectivity index (χ2v) is 4.37. The molecule has 0 unspecified atom stereocenters. The number of thioether (sulfide) groups is 1. The van der Waals surface area contributed by atoms with E-state index in [1.165, 1.54) is 0 Å². The molecule has 14 heavy (non-hydrogen) atoms. The average Bonchev–Trinajstić information content (AvgIpc) is 2.18. The van der Waals surface area contributed by atoms with Crippen molar-refractivity contribution in [2.24, 2.45) is 0 Å². The van der Waals surface area contributed by atoms with E-state index < -0.39 is 0 Å². The summed E-state index contributed by atoms with van der Waals surface area (Å²) < 4.78 is 0.664. The predicted molar refractivity (Wildman–Crippen MR) is 63.6 cm³/mol. The smallest absolute Gasteiger partial charge is 0.225 e. The van der Waals surface area contributed by atoms with Gasteiger partial charge in [0.2, 0.25) is 5.91 Å². The van der Waals surface area contributed by atoms with Crippen LogP contribution in [0.5, 0.6) is 0 Å². The number of rotatable bonds is 4. The average molecular weight is 275 g/mol. The van der Waals surface area contributed by atoms with Crippen LogP contribution in [0.4, 0.5) is 5.69 Å². The first-order chi connectivity index (χ1) is 6.74. The fourth-order valence-corrected chi connectivity index (χ4v) is 1.63. The van der Waals surface area contributed by atoms with Crippen LogP contribution in [-0.2, 0) is 4.79 Å². The topological polar surface area (TPSA) is 42.0 Å². The molecule has 0 saturated heterocycles. The molecule has 0 aliphatic heterocycles. The minimum Gasteiger partial charge on any atom is -0.324 e. The van der Waals surface area contributed by atoms with Crippen molar-refractivity contribution in [1.29, 1.82) is 0 Å². The van der Waals surface area contributed by atoms with Crippen LogP contribution < -0.4 is 5.32 Å². The molecule has 0 fully saturated rings. The lowest BCUT2D eigenvalue weighted by Gasteiger charge is -2.05. The molecule has 0 saturated carbocycles. The van der Waals surface area contributed by atoms with E-state index in [0.29, 0.717) is 11.0 Å². The van der Waals surface area contributed by atoms with Gasteiger partial charge in [-0.15, -0.1) is 0 Å². The Morgan fingerprint density at radius 3 is 3.14 bits per heavy atom. The van der Waals surface area contributed by atoms with Gasteiger partial charge in [-0.25, -0.2) is 4.98 Å². The molecule has 0 spiro atoms. The van der Waals surface area contributed by atoms with Gasteiger partial charge in [-0.2, -0.15) is 11.8 Å². The van der Waals surface area contributed by atoms with Gasteiger partial charge in [0.25, 0.3) is 0 Å². The normalized spacial score (nSPS) is 9.86. The lowest BCUT2D eigenvalue weighted by atomic mass is 10.4. The van der Waals surface area contributed by atoms with Crippen LogP contribution in [0.3, 0.4) is 0 Å². The number of amides is 1. The van der Waals surface area contributed by atoms with Crippen LogP contribution in [0.15, 0.2) is 22.9 Å². The fraction of sp³-hybridized carbons (Fsp3) is 0.333. The number of nitrogens with zero attached hydrogens (tertiary/aromatic N) is 1. The number of nitrogens with one attached hydrogen (secondary N) is 1. The van der Waals surface area contributed by atoms with Crippen molar-refractivity contribution in [2.75, 3.05) is 17.3 Å². The number of hydrogen-bond donors (Lipinski definition) is 1. The van der Waals surface area contributed by atoms with Crippen LogP contribution in [-0.4, -0.2) is 22.9 Å². The van der Waals surface area contributed by atoms with Gasteiger partial charge >= 0.3 is 0 Å². The third-order valence-corrected chi connectivity index (χ3v) is 2.81. The largest absolute Gasteiger partial charge is 0.324 e. The molecule has 1 amide bonds. The number of carbonyl (C=O) groups excluding carboxylic acids is 1. The molecular formula is C9H11BrN2OS. The molecule has 1 rings (SSSR count). The molecule has 0 bridgehead atoms. The Labute approximate surface area is 95.8 Å². The quantitative estimate of drug-likeness (QED) is 0.858.